The van der Waals surface area contributed by atoms with Gasteiger partial charge in [-0.15, -0.1) is 0 Å². The van der Waals surface area contributed by atoms with Crippen LogP contribution in [0.2, 0.25) is 5.02 Å². The first-order valence-corrected chi connectivity index (χ1v) is 10.4. The van der Waals surface area contributed by atoms with Crippen molar-refractivity contribution in [3.8, 4) is 11.4 Å². The molecule has 30 heavy (non-hydrogen) atoms. The number of fused-ring (bicyclic) bond motifs is 1. The van der Waals surface area contributed by atoms with E-state index in [1.54, 1.807) is 6.07 Å². The molecule has 1 aromatic heterocycles. The summed E-state index contributed by atoms with van der Waals surface area (Å²) in [7, 11) is 0. The quantitative estimate of drug-likeness (QED) is 0.584. The normalized spacial score (nSPS) is 14.9. The maximum absolute atomic E-state index is 13.7. The Morgan fingerprint density at radius 2 is 2.10 bits per heavy atom. The third-order valence-electron chi connectivity index (χ3n) is 5.31. The zero-order valence-electron chi connectivity index (χ0n) is 16.8. The molecule has 1 aliphatic heterocycles. The topological polar surface area (TPSA) is 70.2 Å². The monoisotopic (exact) mass is 430 g/mol. The predicted octanol–water partition coefficient (Wildman–Crippen LogP) is 3.78. The number of aryl methyl sites for hydroxylation is 1. The minimum atomic E-state index is -0.489. The van der Waals surface area contributed by atoms with Gasteiger partial charge in [0.1, 0.15) is 11.6 Å². The number of aromatic nitrogens is 2. The Bertz CT molecular complexity index is 1020. The van der Waals surface area contributed by atoms with Crippen LogP contribution in [-0.4, -0.2) is 60.2 Å². The van der Waals surface area contributed by atoms with Crippen LogP contribution in [0.3, 0.4) is 0 Å². The largest absolute Gasteiger partial charge is 0.379 e. The number of hydrogen-bond donors (Lipinski definition) is 2. The van der Waals surface area contributed by atoms with E-state index in [1.807, 2.05) is 19.1 Å². The summed E-state index contributed by atoms with van der Waals surface area (Å²) in [5.74, 6) is 0.0310. The third-order valence-corrected chi connectivity index (χ3v) is 5.60. The van der Waals surface area contributed by atoms with E-state index in [0.29, 0.717) is 29.0 Å². The minimum Gasteiger partial charge on any atom is -0.379 e. The Labute approximate surface area is 179 Å². The number of ether oxygens (including phenoxy) is 1. The van der Waals surface area contributed by atoms with Gasteiger partial charge in [-0.25, -0.2) is 9.37 Å². The summed E-state index contributed by atoms with van der Waals surface area (Å²) < 4.78 is 19.0. The molecule has 6 nitrogen and oxygen atoms in total. The number of carbonyl (C=O) groups excluding carboxylic acids is 1. The van der Waals surface area contributed by atoms with Gasteiger partial charge in [0.05, 0.1) is 29.3 Å². The van der Waals surface area contributed by atoms with E-state index in [0.717, 1.165) is 50.4 Å². The zero-order valence-corrected chi connectivity index (χ0v) is 17.6. The average molecular weight is 431 g/mol. The van der Waals surface area contributed by atoms with Crippen LogP contribution in [0.25, 0.3) is 22.4 Å². The van der Waals surface area contributed by atoms with Crippen LogP contribution >= 0.6 is 11.6 Å². The van der Waals surface area contributed by atoms with E-state index in [9.17, 15) is 9.18 Å². The van der Waals surface area contributed by atoms with Crippen molar-refractivity contribution in [2.75, 3.05) is 39.4 Å². The van der Waals surface area contributed by atoms with Gasteiger partial charge in [-0.2, -0.15) is 0 Å². The van der Waals surface area contributed by atoms with Crippen molar-refractivity contribution >= 4 is 28.5 Å². The number of imidazole rings is 1. The molecule has 0 bridgehead atoms. The molecule has 3 aromatic rings. The van der Waals surface area contributed by atoms with E-state index in [2.05, 4.69) is 20.2 Å². The van der Waals surface area contributed by atoms with Gasteiger partial charge in [0.25, 0.3) is 5.91 Å². The van der Waals surface area contributed by atoms with E-state index in [4.69, 9.17) is 16.3 Å². The van der Waals surface area contributed by atoms with Gasteiger partial charge in [-0.3, -0.25) is 9.69 Å². The number of H-pyrrole nitrogens is 1. The Kier molecular flexibility index (Phi) is 6.32. The van der Waals surface area contributed by atoms with Crippen LogP contribution in [-0.2, 0) is 4.74 Å². The summed E-state index contributed by atoms with van der Waals surface area (Å²) in [4.78, 5) is 22.5. The summed E-state index contributed by atoms with van der Waals surface area (Å²) in [5, 5.41) is 3.02. The maximum Gasteiger partial charge on any atom is 0.251 e. The number of aromatic amines is 1. The standard InChI is InChI=1S/C22H24ClFN4O2/c1-14-11-15(22(29)25-5-2-6-28-7-9-30-10-8-28)3-4-16(14)21-26-19-12-17(23)18(24)13-20(19)27-21/h3-4,11-13H,2,5-10H2,1H3,(H,25,29)(H,26,27). The van der Waals surface area contributed by atoms with Gasteiger partial charge in [0, 0.05) is 36.8 Å². The number of amides is 1. The van der Waals surface area contributed by atoms with Crippen molar-refractivity contribution in [3.63, 3.8) is 0 Å². The van der Waals surface area contributed by atoms with E-state index in [-0.39, 0.29) is 10.9 Å². The second-order valence-electron chi connectivity index (χ2n) is 7.46. The fourth-order valence-electron chi connectivity index (χ4n) is 3.63. The van der Waals surface area contributed by atoms with Gasteiger partial charge in [0.2, 0.25) is 0 Å². The van der Waals surface area contributed by atoms with Crippen molar-refractivity contribution < 1.29 is 13.9 Å². The fraction of sp³-hybridized carbons (Fsp3) is 0.364. The highest BCUT2D eigenvalue weighted by molar-refractivity contribution is 6.31. The summed E-state index contributed by atoms with van der Waals surface area (Å²) >= 11 is 5.84. The maximum atomic E-state index is 13.7. The number of hydrogen-bond acceptors (Lipinski definition) is 4. The average Bonchev–Trinajstić information content (AvgIpc) is 3.14. The second kappa shape index (κ2) is 9.12. The first kappa shape index (κ1) is 20.8. The summed E-state index contributed by atoms with van der Waals surface area (Å²) in [6, 6.07) is 8.31. The van der Waals surface area contributed by atoms with Crippen LogP contribution in [0.5, 0.6) is 0 Å². The molecule has 8 heteroatoms. The molecule has 1 amide bonds. The molecule has 158 valence electrons. The Morgan fingerprint density at radius 3 is 2.87 bits per heavy atom. The number of nitrogens with zero attached hydrogens (tertiary/aromatic N) is 2. The lowest BCUT2D eigenvalue weighted by molar-refractivity contribution is 0.0374. The first-order valence-electron chi connectivity index (χ1n) is 10.1. The number of halogens is 2. The first-order chi connectivity index (χ1) is 14.5. The van der Waals surface area contributed by atoms with Crippen molar-refractivity contribution in [1.82, 2.24) is 20.2 Å². The van der Waals surface area contributed by atoms with Crippen molar-refractivity contribution in [2.24, 2.45) is 0 Å². The van der Waals surface area contributed by atoms with E-state index < -0.39 is 5.82 Å². The zero-order chi connectivity index (χ0) is 21.1. The molecule has 1 saturated heterocycles. The molecule has 0 radical (unpaired) electrons. The molecule has 0 aliphatic carbocycles. The lowest BCUT2D eigenvalue weighted by atomic mass is 10.0. The predicted molar refractivity (Wildman–Crippen MR) is 115 cm³/mol. The Morgan fingerprint density at radius 1 is 1.30 bits per heavy atom. The number of rotatable bonds is 6. The van der Waals surface area contributed by atoms with Crippen LogP contribution in [0.1, 0.15) is 22.3 Å². The smallest absolute Gasteiger partial charge is 0.251 e. The molecular formula is C22H24ClFN4O2. The molecule has 4 rings (SSSR count). The molecule has 0 spiro atoms. The van der Waals surface area contributed by atoms with Crippen molar-refractivity contribution in [2.45, 2.75) is 13.3 Å². The molecule has 0 atom stereocenters. The van der Waals surface area contributed by atoms with Crippen molar-refractivity contribution in [1.29, 1.82) is 0 Å². The van der Waals surface area contributed by atoms with Gasteiger partial charge in [-0.1, -0.05) is 17.7 Å². The van der Waals surface area contributed by atoms with Gasteiger partial charge >= 0.3 is 0 Å². The number of carbonyl (C=O) groups is 1. The van der Waals surface area contributed by atoms with Crippen LogP contribution in [0.15, 0.2) is 30.3 Å². The molecule has 2 heterocycles. The third kappa shape index (κ3) is 4.64. The van der Waals surface area contributed by atoms with Crippen LogP contribution in [0, 0.1) is 12.7 Å². The number of morpholine rings is 1. The van der Waals surface area contributed by atoms with Crippen LogP contribution < -0.4 is 5.32 Å². The minimum absolute atomic E-state index is 0.0397. The molecule has 1 aliphatic rings. The van der Waals surface area contributed by atoms with Crippen molar-refractivity contribution in [3.05, 3.63) is 52.3 Å². The number of benzene rings is 2. The highest BCUT2D eigenvalue weighted by atomic mass is 35.5. The highest BCUT2D eigenvalue weighted by Gasteiger charge is 2.14. The van der Waals surface area contributed by atoms with Gasteiger partial charge in [-0.05, 0) is 43.7 Å². The molecular weight excluding hydrogens is 407 g/mol. The molecule has 2 N–H and O–H groups in total. The Balaban J connectivity index is 1.39. The Hall–Kier alpha value is -2.48. The summed E-state index contributed by atoms with van der Waals surface area (Å²) in [6.45, 7) is 6.98. The molecule has 1 fully saturated rings. The molecule has 0 saturated carbocycles. The van der Waals surface area contributed by atoms with Gasteiger partial charge in [0.15, 0.2) is 0 Å². The fourth-order valence-corrected chi connectivity index (χ4v) is 3.79. The van der Waals surface area contributed by atoms with E-state index in [1.165, 1.54) is 12.1 Å². The SMILES string of the molecule is Cc1cc(C(=O)NCCCN2CCOCC2)ccc1-c1nc2cc(Cl)c(F)cc2[nH]1. The molecule has 0 unspecified atom stereocenters. The number of nitrogens with one attached hydrogen (secondary N) is 2. The second-order valence-corrected chi connectivity index (χ2v) is 7.87. The van der Waals surface area contributed by atoms with Crippen LogP contribution in [0.4, 0.5) is 4.39 Å². The summed E-state index contributed by atoms with van der Waals surface area (Å²) in [5.41, 5.74) is 3.53. The lowest BCUT2D eigenvalue weighted by Crippen LogP contribution is -2.38. The van der Waals surface area contributed by atoms with Gasteiger partial charge < -0.3 is 15.0 Å². The summed E-state index contributed by atoms with van der Waals surface area (Å²) in [6.07, 6.45) is 0.904. The van der Waals surface area contributed by atoms with E-state index >= 15 is 0 Å². The molecule has 2 aromatic carbocycles. The lowest BCUT2D eigenvalue weighted by Gasteiger charge is -2.26. The highest BCUT2D eigenvalue weighted by Crippen LogP contribution is 2.27.